The molecule has 1 N–H and O–H groups in total. The van der Waals surface area contributed by atoms with Crippen LogP contribution in [0.25, 0.3) is 5.52 Å². The van der Waals surface area contributed by atoms with Gasteiger partial charge in [0.15, 0.2) is 0 Å². The van der Waals surface area contributed by atoms with Gasteiger partial charge in [0.05, 0.1) is 11.7 Å². The summed E-state index contributed by atoms with van der Waals surface area (Å²) < 4.78 is 1.93. The summed E-state index contributed by atoms with van der Waals surface area (Å²) in [4.78, 5) is 0. The van der Waals surface area contributed by atoms with Crippen molar-refractivity contribution < 1.29 is 0 Å². The van der Waals surface area contributed by atoms with Gasteiger partial charge in [0.1, 0.15) is 0 Å². The van der Waals surface area contributed by atoms with Crippen LogP contribution in [0.15, 0.2) is 42.2 Å². The van der Waals surface area contributed by atoms with E-state index in [4.69, 9.17) is 0 Å². The molecule has 2 aromatic heterocycles. The smallest absolute Gasteiger partial charge is 0.0706 e. The fraction of sp³-hybridized carbons (Fsp3) is 0.438. The summed E-state index contributed by atoms with van der Waals surface area (Å²) in [6.07, 6.45) is 12.9. The molecular formula is C16H21N3. The van der Waals surface area contributed by atoms with Crippen molar-refractivity contribution in [1.29, 1.82) is 0 Å². The molecule has 1 aliphatic rings. The Hall–Kier alpha value is -1.61. The minimum Gasteiger partial charge on any atom is -0.312 e. The molecule has 0 saturated carbocycles. The highest BCUT2D eigenvalue weighted by molar-refractivity contribution is 5.53. The van der Waals surface area contributed by atoms with Gasteiger partial charge in [-0.2, -0.15) is 5.10 Å². The minimum atomic E-state index is 0.904. The average molecular weight is 255 g/mol. The third-order valence-electron chi connectivity index (χ3n) is 3.83. The summed E-state index contributed by atoms with van der Waals surface area (Å²) >= 11 is 0. The Morgan fingerprint density at radius 3 is 3.16 bits per heavy atom. The molecule has 0 amide bonds. The zero-order chi connectivity index (χ0) is 12.9. The lowest BCUT2D eigenvalue weighted by Gasteiger charge is -2.12. The number of fused-ring (bicyclic) bond motifs is 1. The molecule has 0 spiro atoms. The molecule has 0 radical (unpaired) electrons. The molecule has 3 nitrogen and oxygen atoms in total. The first-order valence-corrected chi connectivity index (χ1v) is 7.23. The molecule has 0 aromatic carbocycles. The van der Waals surface area contributed by atoms with E-state index in [2.05, 4.69) is 28.6 Å². The van der Waals surface area contributed by atoms with Gasteiger partial charge in [-0.15, -0.1) is 0 Å². The number of hydrogen-bond acceptors (Lipinski definition) is 2. The van der Waals surface area contributed by atoms with E-state index in [1.165, 1.54) is 43.2 Å². The van der Waals surface area contributed by atoms with Crippen LogP contribution < -0.4 is 5.32 Å². The highest BCUT2D eigenvalue weighted by Gasteiger charge is 2.04. The number of aromatic nitrogens is 2. The summed E-state index contributed by atoms with van der Waals surface area (Å²) in [7, 11) is 0. The highest BCUT2D eigenvalue weighted by Crippen LogP contribution is 2.19. The number of nitrogens with zero attached hydrogens (tertiary/aromatic N) is 2. The Bertz CT molecular complexity index is 568. The van der Waals surface area contributed by atoms with E-state index in [1.54, 1.807) is 5.57 Å². The lowest BCUT2D eigenvalue weighted by Crippen LogP contribution is -2.15. The van der Waals surface area contributed by atoms with Gasteiger partial charge in [0.25, 0.3) is 0 Å². The fourth-order valence-electron chi connectivity index (χ4n) is 2.73. The second kappa shape index (κ2) is 6.02. The molecule has 0 saturated heterocycles. The molecule has 1 aliphatic carbocycles. The van der Waals surface area contributed by atoms with E-state index in [0.717, 1.165) is 13.1 Å². The van der Waals surface area contributed by atoms with Crippen molar-refractivity contribution in [3.8, 4) is 0 Å². The maximum Gasteiger partial charge on any atom is 0.0706 e. The van der Waals surface area contributed by atoms with Crippen molar-refractivity contribution in [3.05, 3.63) is 47.8 Å². The van der Waals surface area contributed by atoms with Gasteiger partial charge in [0, 0.05) is 18.3 Å². The number of pyridine rings is 1. The Balaban J connectivity index is 1.51. The summed E-state index contributed by atoms with van der Waals surface area (Å²) in [5.41, 5.74) is 4.11. The monoisotopic (exact) mass is 255 g/mol. The number of rotatable bonds is 5. The van der Waals surface area contributed by atoms with Gasteiger partial charge in [-0.05, 0) is 50.8 Å². The molecule has 0 fully saturated rings. The van der Waals surface area contributed by atoms with E-state index in [-0.39, 0.29) is 0 Å². The van der Waals surface area contributed by atoms with Crippen LogP contribution in [-0.2, 0) is 6.54 Å². The number of nitrogens with one attached hydrogen (secondary N) is 1. The second-order valence-electron chi connectivity index (χ2n) is 5.24. The zero-order valence-corrected chi connectivity index (χ0v) is 11.3. The third kappa shape index (κ3) is 3.04. The van der Waals surface area contributed by atoms with E-state index >= 15 is 0 Å². The van der Waals surface area contributed by atoms with Crippen LogP contribution in [0.2, 0.25) is 0 Å². The normalized spacial score (nSPS) is 15.7. The predicted octanol–water partition coefficient (Wildman–Crippen LogP) is 3.31. The molecule has 0 aliphatic heterocycles. The summed E-state index contributed by atoms with van der Waals surface area (Å²) in [5.74, 6) is 0. The maximum atomic E-state index is 4.35. The molecule has 3 rings (SSSR count). The van der Waals surface area contributed by atoms with Crippen LogP contribution in [0.5, 0.6) is 0 Å². The first-order valence-electron chi connectivity index (χ1n) is 7.23. The SMILES string of the molecule is C1=C(CCNCc2cnn3ccccc23)CCCC1. The van der Waals surface area contributed by atoms with Gasteiger partial charge in [0.2, 0.25) is 0 Å². The topological polar surface area (TPSA) is 29.3 Å². The van der Waals surface area contributed by atoms with Gasteiger partial charge in [-0.3, -0.25) is 0 Å². The first-order chi connectivity index (χ1) is 9.43. The summed E-state index contributed by atoms with van der Waals surface area (Å²) in [5, 5.41) is 7.89. The van der Waals surface area contributed by atoms with Crippen molar-refractivity contribution in [1.82, 2.24) is 14.9 Å². The molecule has 2 aromatic rings. The van der Waals surface area contributed by atoms with Crippen molar-refractivity contribution in [2.75, 3.05) is 6.54 Å². The van der Waals surface area contributed by atoms with Gasteiger partial charge >= 0.3 is 0 Å². The fourth-order valence-corrected chi connectivity index (χ4v) is 2.73. The molecule has 0 unspecified atom stereocenters. The number of hydrogen-bond donors (Lipinski definition) is 1. The average Bonchev–Trinajstić information content (AvgIpc) is 2.88. The third-order valence-corrected chi connectivity index (χ3v) is 3.83. The Labute approximate surface area is 114 Å². The van der Waals surface area contributed by atoms with E-state index < -0.39 is 0 Å². The van der Waals surface area contributed by atoms with Crippen LogP contribution in [0.3, 0.4) is 0 Å². The Morgan fingerprint density at radius 2 is 2.26 bits per heavy atom. The van der Waals surface area contributed by atoms with Gasteiger partial charge in [-0.25, -0.2) is 4.52 Å². The lowest BCUT2D eigenvalue weighted by molar-refractivity contribution is 0.633. The van der Waals surface area contributed by atoms with E-state index in [0.29, 0.717) is 0 Å². The zero-order valence-electron chi connectivity index (χ0n) is 11.3. The number of allylic oxidation sites excluding steroid dienone is 1. The van der Waals surface area contributed by atoms with Crippen LogP contribution in [-0.4, -0.2) is 16.2 Å². The maximum absolute atomic E-state index is 4.35. The van der Waals surface area contributed by atoms with Crippen LogP contribution >= 0.6 is 0 Å². The molecule has 0 atom stereocenters. The quantitative estimate of drug-likeness (QED) is 0.656. The van der Waals surface area contributed by atoms with Crippen LogP contribution in [0.4, 0.5) is 0 Å². The lowest BCUT2D eigenvalue weighted by atomic mass is 9.97. The van der Waals surface area contributed by atoms with Gasteiger partial charge in [-0.1, -0.05) is 17.7 Å². The van der Waals surface area contributed by atoms with Gasteiger partial charge < -0.3 is 5.32 Å². The predicted molar refractivity (Wildman–Crippen MR) is 78.1 cm³/mol. The second-order valence-corrected chi connectivity index (χ2v) is 5.24. The standard InChI is InChI=1S/C16H21N3/c1-2-6-14(7-3-1)9-10-17-12-15-13-18-19-11-5-4-8-16(15)19/h4-6,8,11,13,17H,1-3,7,9-10,12H2. The minimum absolute atomic E-state index is 0.904. The van der Waals surface area contributed by atoms with E-state index in [9.17, 15) is 0 Å². The van der Waals surface area contributed by atoms with Crippen molar-refractivity contribution in [2.45, 2.75) is 38.6 Å². The summed E-state index contributed by atoms with van der Waals surface area (Å²) in [6.45, 7) is 1.97. The van der Waals surface area contributed by atoms with Crippen LogP contribution in [0.1, 0.15) is 37.7 Å². The molecule has 3 heteroatoms. The molecule has 2 heterocycles. The Kier molecular flexibility index (Phi) is 3.94. The first kappa shape index (κ1) is 12.4. The van der Waals surface area contributed by atoms with E-state index in [1.807, 2.05) is 23.0 Å². The molecule has 100 valence electrons. The van der Waals surface area contributed by atoms with Crippen LogP contribution in [0, 0.1) is 0 Å². The molecular weight excluding hydrogens is 234 g/mol. The Morgan fingerprint density at radius 1 is 1.26 bits per heavy atom. The summed E-state index contributed by atoms with van der Waals surface area (Å²) in [6, 6.07) is 6.19. The molecule has 19 heavy (non-hydrogen) atoms. The molecule has 0 bridgehead atoms. The highest BCUT2D eigenvalue weighted by atomic mass is 15.2. The van der Waals surface area contributed by atoms with Crippen molar-refractivity contribution in [2.24, 2.45) is 0 Å². The largest absolute Gasteiger partial charge is 0.312 e. The van der Waals surface area contributed by atoms with Crippen molar-refractivity contribution in [3.63, 3.8) is 0 Å². The van der Waals surface area contributed by atoms with Crippen molar-refractivity contribution >= 4 is 5.52 Å².